The highest BCUT2D eigenvalue weighted by molar-refractivity contribution is 5.77. The quantitative estimate of drug-likeness (QED) is 0.431. The Bertz CT molecular complexity index is 812. The summed E-state index contributed by atoms with van der Waals surface area (Å²) in [5.74, 6) is -0.179. The lowest BCUT2D eigenvalue weighted by atomic mass is 9.83. The highest BCUT2D eigenvalue weighted by Gasteiger charge is 2.52. The number of aliphatic hydroxyl groups excluding tert-OH is 3. The highest BCUT2D eigenvalue weighted by atomic mass is 16.3. The largest absolute Gasteiger partial charge is 0.395 e. The van der Waals surface area contributed by atoms with Crippen molar-refractivity contribution in [1.29, 1.82) is 0 Å². The molecule has 1 aliphatic heterocycles. The van der Waals surface area contributed by atoms with Gasteiger partial charge in [0, 0.05) is 13.0 Å². The minimum atomic E-state index is -1.11. The number of rotatable bonds is 9. The van der Waals surface area contributed by atoms with E-state index in [9.17, 15) is 20.1 Å². The van der Waals surface area contributed by atoms with Crippen molar-refractivity contribution in [2.45, 2.75) is 56.4 Å². The molecular formula is C24H32N2O4. The summed E-state index contributed by atoms with van der Waals surface area (Å²) in [6.07, 6.45) is -0.117. The van der Waals surface area contributed by atoms with Crippen molar-refractivity contribution in [3.63, 3.8) is 0 Å². The van der Waals surface area contributed by atoms with Crippen molar-refractivity contribution in [2.24, 2.45) is 0 Å². The molecule has 0 bridgehead atoms. The number of benzene rings is 2. The monoisotopic (exact) mass is 412 g/mol. The van der Waals surface area contributed by atoms with E-state index < -0.39 is 23.8 Å². The van der Waals surface area contributed by atoms with Crippen LogP contribution in [-0.4, -0.2) is 58.2 Å². The van der Waals surface area contributed by atoms with Crippen molar-refractivity contribution in [1.82, 2.24) is 10.6 Å². The summed E-state index contributed by atoms with van der Waals surface area (Å²) in [4.78, 5) is 12.3. The molecule has 1 heterocycles. The molecule has 2 aromatic rings. The van der Waals surface area contributed by atoms with Crippen LogP contribution in [0.2, 0.25) is 0 Å². The Morgan fingerprint density at radius 2 is 1.73 bits per heavy atom. The first-order chi connectivity index (χ1) is 14.5. The Morgan fingerprint density at radius 3 is 2.33 bits per heavy atom. The third-order valence-corrected chi connectivity index (χ3v) is 5.97. The van der Waals surface area contributed by atoms with Gasteiger partial charge in [0.1, 0.15) is 6.10 Å². The second kappa shape index (κ2) is 10.2. The molecule has 30 heavy (non-hydrogen) atoms. The standard InChI is InChI=1S/C24H32N2O4/c1-2-25-21(28)15-24(23(30)22(29)20(16-27)26-24)14-6-7-17-10-12-19(13-11-17)18-8-4-3-5-9-18/h3-5,8-13,20,22-23,26-27,29-30H,2,6-7,14-16H2,1H3,(H,25,28)/t20-,22-,23+,24-/m1/s1. The van der Waals surface area contributed by atoms with E-state index in [0.717, 1.165) is 18.4 Å². The molecule has 1 saturated heterocycles. The second-order valence-corrected chi connectivity index (χ2v) is 8.07. The van der Waals surface area contributed by atoms with Crippen LogP contribution >= 0.6 is 0 Å². The first kappa shape index (κ1) is 22.4. The third-order valence-electron chi connectivity index (χ3n) is 5.97. The molecule has 0 saturated carbocycles. The molecule has 0 unspecified atom stereocenters. The molecule has 0 spiro atoms. The second-order valence-electron chi connectivity index (χ2n) is 8.07. The lowest BCUT2D eigenvalue weighted by Gasteiger charge is -2.33. The van der Waals surface area contributed by atoms with E-state index in [1.54, 1.807) is 0 Å². The summed E-state index contributed by atoms with van der Waals surface area (Å²) in [5, 5.41) is 36.4. The fourth-order valence-corrected chi connectivity index (χ4v) is 4.35. The molecular weight excluding hydrogens is 380 g/mol. The number of aryl methyl sites for hydroxylation is 1. The molecule has 5 N–H and O–H groups in total. The Hall–Kier alpha value is -2.25. The van der Waals surface area contributed by atoms with Crippen molar-refractivity contribution in [3.8, 4) is 11.1 Å². The Labute approximate surface area is 178 Å². The van der Waals surface area contributed by atoms with Gasteiger partial charge < -0.3 is 26.0 Å². The fraction of sp³-hybridized carbons (Fsp3) is 0.458. The van der Waals surface area contributed by atoms with E-state index in [-0.39, 0.29) is 18.9 Å². The summed E-state index contributed by atoms with van der Waals surface area (Å²) < 4.78 is 0. The van der Waals surface area contributed by atoms with Crippen molar-refractivity contribution >= 4 is 5.91 Å². The van der Waals surface area contributed by atoms with E-state index in [1.807, 2.05) is 25.1 Å². The summed E-state index contributed by atoms with van der Waals surface area (Å²) in [7, 11) is 0. The van der Waals surface area contributed by atoms with Gasteiger partial charge in [-0.05, 0) is 42.9 Å². The van der Waals surface area contributed by atoms with Crippen LogP contribution in [0.25, 0.3) is 11.1 Å². The zero-order valence-corrected chi connectivity index (χ0v) is 17.4. The topological polar surface area (TPSA) is 102 Å². The molecule has 0 aliphatic carbocycles. The number of carbonyl (C=O) groups is 1. The molecule has 0 aromatic heterocycles. The van der Waals surface area contributed by atoms with Gasteiger partial charge in [-0.25, -0.2) is 0 Å². The molecule has 2 aromatic carbocycles. The smallest absolute Gasteiger partial charge is 0.221 e. The first-order valence-electron chi connectivity index (χ1n) is 10.6. The zero-order chi connectivity index (χ0) is 21.6. The average Bonchev–Trinajstić information content (AvgIpc) is 3.00. The van der Waals surface area contributed by atoms with E-state index in [2.05, 4.69) is 47.0 Å². The van der Waals surface area contributed by atoms with Gasteiger partial charge >= 0.3 is 0 Å². The predicted octanol–water partition coefficient (Wildman–Crippen LogP) is 1.63. The highest BCUT2D eigenvalue weighted by Crippen LogP contribution is 2.33. The van der Waals surface area contributed by atoms with E-state index >= 15 is 0 Å². The number of nitrogens with one attached hydrogen (secondary N) is 2. The van der Waals surface area contributed by atoms with Gasteiger partial charge in [-0.3, -0.25) is 4.79 Å². The number of carbonyl (C=O) groups excluding carboxylic acids is 1. The summed E-state index contributed by atoms with van der Waals surface area (Å²) in [5.41, 5.74) is 2.56. The van der Waals surface area contributed by atoms with Crippen LogP contribution < -0.4 is 10.6 Å². The van der Waals surface area contributed by atoms with Gasteiger partial charge in [-0.1, -0.05) is 54.6 Å². The number of hydrogen-bond donors (Lipinski definition) is 5. The Morgan fingerprint density at radius 1 is 1.07 bits per heavy atom. The maximum atomic E-state index is 12.3. The number of amides is 1. The normalized spacial score (nSPS) is 25.9. The van der Waals surface area contributed by atoms with Crippen LogP contribution in [-0.2, 0) is 11.2 Å². The molecule has 1 aliphatic rings. The van der Waals surface area contributed by atoms with E-state index in [0.29, 0.717) is 13.0 Å². The van der Waals surface area contributed by atoms with Crippen molar-refractivity contribution < 1.29 is 20.1 Å². The summed E-state index contributed by atoms with van der Waals surface area (Å²) in [6, 6.07) is 18.0. The lowest BCUT2D eigenvalue weighted by Crippen LogP contribution is -2.53. The molecule has 3 rings (SSSR count). The lowest BCUT2D eigenvalue weighted by molar-refractivity contribution is -0.124. The SMILES string of the molecule is CCNC(=O)C[C@@]1(CCCc2ccc(-c3ccccc3)cc2)N[C@H](CO)[C@@H](O)[C@@H]1O. The average molecular weight is 413 g/mol. The third kappa shape index (κ3) is 5.08. The van der Waals surface area contributed by atoms with Crippen LogP contribution in [0.3, 0.4) is 0 Å². The van der Waals surface area contributed by atoms with Crippen LogP contribution in [0.1, 0.15) is 31.7 Å². The molecule has 1 fully saturated rings. The van der Waals surface area contributed by atoms with E-state index in [4.69, 9.17) is 0 Å². The van der Waals surface area contributed by atoms with Gasteiger partial charge in [-0.15, -0.1) is 0 Å². The van der Waals surface area contributed by atoms with Crippen LogP contribution in [0, 0.1) is 0 Å². The number of aliphatic hydroxyl groups is 3. The van der Waals surface area contributed by atoms with Gasteiger partial charge in [0.25, 0.3) is 0 Å². The fourth-order valence-electron chi connectivity index (χ4n) is 4.35. The number of hydrogen-bond acceptors (Lipinski definition) is 5. The van der Waals surface area contributed by atoms with Gasteiger partial charge in [0.2, 0.25) is 5.91 Å². The summed E-state index contributed by atoms with van der Waals surface area (Å²) >= 11 is 0. The van der Waals surface area contributed by atoms with Crippen molar-refractivity contribution in [3.05, 3.63) is 60.2 Å². The maximum Gasteiger partial charge on any atom is 0.221 e. The molecule has 1 amide bonds. The van der Waals surface area contributed by atoms with Crippen LogP contribution in [0.5, 0.6) is 0 Å². The molecule has 6 nitrogen and oxygen atoms in total. The molecule has 6 heteroatoms. The van der Waals surface area contributed by atoms with Gasteiger partial charge in [0.15, 0.2) is 0 Å². The summed E-state index contributed by atoms with van der Waals surface area (Å²) in [6.45, 7) is 2.05. The Balaban J connectivity index is 1.65. The van der Waals surface area contributed by atoms with Crippen molar-refractivity contribution in [2.75, 3.05) is 13.2 Å². The minimum absolute atomic E-state index is 0.0580. The van der Waals surface area contributed by atoms with Gasteiger partial charge in [0.05, 0.1) is 24.3 Å². The van der Waals surface area contributed by atoms with Crippen LogP contribution in [0.4, 0.5) is 0 Å². The minimum Gasteiger partial charge on any atom is -0.395 e. The first-order valence-corrected chi connectivity index (χ1v) is 10.6. The molecule has 0 radical (unpaired) electrons. The van der Waals surface area contributed by atoms with Crippen LogP contribution in [0.15, 0.2) is 54.6 Å². The Kier molecular flexibility index (Phi) is 7.61. The molecule has 162 valence electrons. The van der Waals surface area contributed by atoms with E-state index in [1.165, 1.54) is 11.1 Å². The zero-order valence-electron chi connectivity index (χ0n) is 17.4. The maximum absolute atomic E-state index is 12.3. The van der Waals surface area contributed by atoms with Gasteiger partial charge in [-0.2, -0.15) is 0 Å². The predicted molar refractivity (Wildman–Crippen MR) is 117 cm³/mol. The molecule has 4 atom stereocenters.